The predicted molar refractivity (Wildman–Crippen MR) is 82.1 cm³/mol. The summed E-state index contributed by atoms with van der Waals surface area (Å²) < 4.78 is 5.42. The monoisotopic (exact) mass is 270 g/mol. The Balaban J connectivity index is 1.89. The fraction of sp³-hybridized carbons (Fsp3) is 0.333. The second kappa shape index (κ2) is 7.11. The molecule has 1 unspecified atom stereocenters. The van der Waals surface area contributed by atoms with Crippen LogP contribution in [0.25, 0.3) is 0 Å². The summed E-state index contributed by atoms with van der Waals surface area (Å²) in [6.07, 6.45) is 1.19. The van der Waals surface area contributed by atoms with Crippen LogP contribution in [-0.2, 0) is 6.42 Å². The first-order valence-electron chi connectivity index (χ1n) is 7.15. The lowest BCUT2D eigenvalue weighted by atomic mass is 10.0. The lowest BCUT2D eigenvalue weighted by Gasteiger charge is -2.11. The van der Waals surface area contributed by atoms with Gasteiger partial charge < -0.3 is 9.84 Å². The molecule has 0 spiro atoms. The van der Waals surface area contributed by atoms with Gasteiger partial charge in [-0.2, -0.15) is 0 Å². The topological polar surface area (TPSA) is 29.5 Å². The molecule has 2 aromatic carbocycles. The number of benzene rings is 2. The molecule has 1 N–H and O–H groups in total. The summed E-state index contributed by atoms with van der Waals surface area (Å²) in [5.41, 5.74) is 3.42. The molecule has 20 heavy (non-hydrogen) atoms. The molecule has 0 fully saturated rings. The molecular formula is C18H22O2. The number of rotatable bonds is 6. The van der Waals surface area contributed by atoms with Gasteiger partial charge in [0, 0.05) is 0 Å². The molecule has 0 aliphatic rings. The van der Waals surface area contributed by atoms with Gasteiger partial charge in [0.15, 0.2) is 0 Å². The highest BCUT2D eigenvalue weighted by atomic mass is 16.5. The van der Waals surface area contributed by atoms with Crippen LogP contribution < -0.4 is 4.74 Å². The Labute approximate surface area is 121 Å². The van der Waals surface area contributed by atoms with E-state index in [1.54, 1.807) is 0 Å². The molecular weight excluding hydrogens is 248 g/mol. The summed E-state index contributed by atoms with van der Waals surface area (Å²) >= 11 is 0. The molecule has 0 saturated carbocycles. The van der Waals surface area contributed by atoms with Crippen molar-refractivity contribution in [2.45, 2.75) is 32.8 Å². The van der Waals surface area contributed by atoms with Gasteiger partial charge in [-0.05, 0) is 49.9 Å². The SMILES string of the molecule is CCOc1ccc(CCC(O)c2ccc(C)cc2)cc1. The van der Waals surface area contributed by atoms with Gasteiger partial charge >= 0.3 is 0 Å². The van der Waals surface area contributed by atoms with E-state index < -0.39 is 6.10 Å². The maximum atomic E-state index is 10.2. The Morgan fingerprint density at radius 3 is 2.25 bits per heavy atom. The van der Waals surface area contributed by atoms with E-state index in [0.29, 0.717) is 6.61 Å². The molecule has 2 nitrogen and oxygen atoms in total. The van der Waals surface area contributed by atoms with E-state index in [1.165, 1.54) is 11.1 Å². The van der Waals surface area contributed by atoms with Gasteiger partial charge in [-0.25, -0.2) is 0 Å². The molecule has 0 heterocycles. The maximum Gasteiger partial charge on any atom is 0.119 e. The van der Waals surface area contributed by atoms with Gasteiger partial charge in [0.05, 0.1) is 12.7 Å². The van der Waals surface area contributed by atoms with E-state index in [-0.39, 0.29) is 0 Å². The smallest absolute Gasteiger partial charge is 0.119 e. The Hall–Kier alpha value is -1.80. The van der Waals surface area contributed by atoms with Crippen molar-refractivity contribution < 1.29 is 9.84 Å². The zero-order chi connectivity index (χ0) is 14.4. The number of hydrogen-bond acceptors (Lipinski definition) is 2. The minimum absolute atomic E-state index is 0.401. The fourth-order valence-corrected chi connectivity index (χ4v) is 2.18. The van der Waals surface area contributed by atoms with Crippen LogP contribution in [0.4, 0.5) is 0 Å². The number of hydrogen-bond donors (Lipinski definition) is 1. The normalized spacial score (nSPS) is 12.2. The number of aryl methyl sites for hydroxylation is 2. The average Bonchev–Trinajstić information content (AvgIpc) is 2.47. The molecule has 0 radical (unpaired) electrons. The number of ether oxygens (including phenoxy) is 1. The molecule has 0 aromatic heterocycles. The van der Waals surface area contributed by atoms with Crippen LogP contribution >= 0.6 is 0 Å². The summed E-state index contributed by atoms with van der Waals surface area (Å²) in [6.45, 7) is 4.72. The molecule has 0 bridgehead atoms. The molecule has 106 valence electrons. The van der Waals surface area contributed by atoms with Crippen molar-refractivity contribution in [3.8, 4) is 5.75 Å². The number of aliphatic hydroxyl groups is 1. The first kappa shape index (κ1) is 14.6. The van der Waals surface area contributed by atoms with Gasteiger partial charge in [-0.3, -0.25) is 0 Å². The van der Waals surface area contributed by atoms with Crippen LogP contribution in [0.5, 0.6) is 5.75 Å². The van der Waals surface area contributed by atoms with E-state index in [1.807, 2.05) is 43.3 Å². The fourth-order valence-electron chi connectivity index (χ4n) is 2.18. The number of aliphatic hydroxyl groups excluding tert-OH is 1. The molecule has 2 aromatic rings. The van der Waals surface area contributed by atoms with Crippen molar-refractivity contribution in [3.05, 3.63) is 65.2 Å². The summed E-state index contributed by atoms with van der Waals surface area (Å²) in [5.74, 6) is 0.898. The zero-order valence-corrected chi connectivity index (χ0v) is 12.2. The standard InChI is InChI=1S/C18H22O2/c1-3-20-17-11-6-15(7-12-17)8-13-18(19)16-9-4-14(2)5-10-16/h4-7,9-12,18-19H,3,8,13H2,1-2H3. The van der Waals surface area contributed by atoms with Gasteiger partial charge in [-0.1, -0.05) is 42.0 Å². The van der Waals surface area contributed by atoms with Crippen LogP contribution in [0.3, 0.4) is 0 Å². The van der Waals surface area contributed by atoms with E-state index in [2.05, 4.69) is 19.1 Å². The Morgan fingerprint density at radius 2 is 1.65 bits per heavy atom. The van der Waals surface area contributed by atoms with Gasteiger partial charge in [-0.15, -0.1) is 0 Å². The Morgan fingerprint density at radius 1 is 1.00 bits per heavy atom. The maximum absolute atomic E-state index is 10.2. The minimum atomic E-state index is -0.401. The lowest BCUT2D eigenvalue weighted by Crippen LogP contribution is -2.00. The average molecular weight is 270 g/mol. The third kappa shape index (κ3) is 4.10. The highest BCUT2D eigenvalue weighted by molar-refractivity contribution is 5.28. The first-order valence-corrected chi connectivity index (χ1v) is 7.15. The van der Waals surface area contributed by atoms with Crippen molar-refractivity contribution in [2.24, 2.45) is 0 Å². The Kier molecular flexibility index (Phi) is 5.19. The van der Waals surface area contributed by atoms with Crippen molar-refractivity contribution in [3.63, 3.8) is 0 Å². The molecule has 2 heteroatoms. The minimum Gasteiger partial charge on any atom is -0.494 e. The first-order chi connectivity index (χ1) is 9.69. The van der Waals surface area contributed by atoms with Crippen LogP contribution in [0.15, 0.2) is 48.5 Å². The second-order valence-corrected chi connectivity index (χ2v) is 5.04. The molecule has 0 amide bonds. The summed E-state index contributed by atoms with van der Waals surface area (Å²) in [5, 5.41) is 10.2. The molecule has 0 aliphatic carbocycles. The van der Waals surface area contributed by atoms with Gasteiger partial charge in [0.25, 0.3) is 0 Å². The predicted octanol–water partition coefficient (Wildman–Crippen LogP) is 4.06. The lowest BCUT2D eigenvalue weighted by molar-refractivity contribution is 0.168. The van der Waals surface area contributed by atoms with Crippen molar-refractivity contribution in [1.82, 2.24) is 0 Å². The molecule has 0 aliphatic heterocycles. The van der Waals surface area contributed by atoms with Crippen LogP contribution in [0, 0.1) is 6.92 Å². The van der Waals surface area contributed by atoms with E-state index in [9.17, 15) is 5.11 Å². The zero-order valence-electron chi connectivity index (χ0n) is 12.2. The molecule has 1 atom stereocenters. The largest absolute Gasteiger partial charge is 0.494 e. The van der Waals surface area contributed by atoms with Gasteiger partial charge in [0.2, 0.25) is 0 Å². The van der Waals surface area contributed by atoms with Crippen LogP contribution in [0.2, 0.25) is 0 Å². The summed E-state index contributed by atoms with van der Waals surface area (Å²) in [6, 6.07) is 16.2. The van der Waals surface area contributed by atoms with E-state index in [0.717, 1.165) is 24.2 Å². The van der Waals surface area contributed by atoms with Crippen molar-refractivity contribution in [1.29, 1.82) is 0 Å². The highest BCUT2D eigenvalue weighted by Gasteiger charge is 2.07. The van der Waals surface area contributed by atoms with E-state index in [4.69, 9.17) is 4.74 Å². The second-order valence-electron chi connectivity index (χ2n) is 5.04. The molecule has 2 rings (SSSR count). The third-order valence-corrected chi connectivity index (χ3v) is 3.40. The van der Waals surface area contributed by atoms with Crippen LogP contribution in [0.1, 0.15) is 36.1 Å². The quantitative estimate of drug-likeness (QED) is 0.857. The van der Waals surface area contributed by atoms with Crippen molar-refractivity contribution >= 4 is 0 Å². The summed E-state index contributed by atoms with van der Waals surface area (Å²) in [4.78, 5) is 0. The van der Waals surface area contributed by atoms with Crippen LogP contribution in [-0.4, -0.2) is 11.7 Å². The van der Waals surface area contributed by atoms with E-state index >= 15 is 0 Å². The molecule has 0 saturated heterocycles. The summed E-state index contributed by atoms with van der Waals surface area (Å²) in [7, 11) is 0. The van der Waals surface area contributed by atoms with Crippen molar-refractivity contribution in [2.75, 3.05) is 6.61 Å². The highest BCUT2D eigenvalue weighted by Crippen LogP contribution is 2.20. The van der Waals surface area contributed by atoms with Gasteiger partial charge in [0.1, 0.15) is 5.75 Å². The third-order valence-electron chi connectivity index (χ3n) is 3.40. The Bertz CT molecular complexity index is 514.